The summed E-state index contributed by atoms with van der Waals surface area (Å²) in [5, 5.41) is 4.86. The first-order valence-corrected chi connectivity index (χ1v) is 6.26. The van der Waals surface area contributed by atoms with Crippen LogP contribution in [-0.2, 0) is 0 Å². The van der Waals surface area contributed by atoms with Gasteiger partial charge in [0.1, 0.15) is 5.82 Å². The van der Waals surface area contributed by atoms with E-state index in [2.05, 4.69) is 10.6 Å². The van der Waals surface area contributed by atoms with Gasteiger partial charge in [0.2, 0.25) is 0 Å². The van der Waals surface area contributed by atoms with E-state index in [0.29, 0.717) is 16.9 Å². The van der Waals surface area contributed by atoms with Crippen molar-refractivity contribution in [2.24, 2.45) is 5.73 Å². The molecule has 2 aromatic rings. The van der Waals surface area contributed by atoms with Crippen molar-refractivity contribution in [3.63, 3.8) is 0 Å². The molecule has 21 heavy (non-hydrogen) atoms. The van der Waals surface area contributed by atoms with Gasteiger partial charge in [-0.25, -0.2) is 9.18 Å². The Hall–Kier alpha value is -2.60. The number of hydrogen-bond acceptors (Lipinski definition) is 2. The van der Waals surface area contributed by atoms with Crippen LogP contribution in [-0.4, -0.2) is 11.9 Å². The van der Waals surface area contributed by atoms with Crippen LogP contribution in [0.15, 0.2) is 42.5 Å². The maximum absolute atomic E-state index is 13.0. The smallest absolute Gasteiger partial charge is 0.316 e. The highest BCUT2D eigenvalue weighted by atomic mass is 35.5. The molecule has 5 nitrogen and oxygen atoms in total. The van der Waals surface area contributed by atoms with E-state index < -0.39 is 17.8 Å². The Kier molecular flexibility index (Phi) is 4.39. The zero-order valence-electron chi connectivity index (χ0n) is 10.7. The fourth-order valence-electron chi connectivity index (χ4n) is 1.66. The lowest BCUT2D eigenvalue weighted by Gasteiger charge is -2.08. The molecular weight excluding hydrogens is 297 g/mol. The van der Waals surface area contributed by atoms with Gasteiger partial charge in [0, 0.05) is 16.9 Å². The summed E-state index contributed by atoms with van der Waals surface area (Å²) in [7, 11) is 0. The first-order valence-electron chi connectivity index (χ1n) is 5.88. The summed E-state index contributed by atoms with van der Waals surface area (Å²) in [5.41, 5.74) is 6.07. The quantitative estimate of drug-likeness (QED) is 0.813. The van der Waals surface area contributed by atoms with Crippen molar-refractivity contribution in [1.82, 2.24) is 0 Å². The number of urea groups is 1. The van der Waals surface area contributed by atoms with Crippen molar-refractivity contribution in [3.8, 4) is 0 Å². The topological polar surface area (TPSA) is 84.2 Å². The van der Waals surface area contributed by atoms with Crippen LogP contribution < -0.4 is 16.4 Å². The predicted octanol–water partition coefficient (Wildman–Crippen LogP) is 3.22. The van der Waals surface area contributed by atoms with Crippen molar-refractivity contribution in [2.45, 2.75) is 0 Å². The van der Waals surface area contributed by atoms with E-state index in [0.717, 1.165) is 6.07 Å². The highest BCUT2D eigenvalue weighted by molar-refractivity contribution is 6.31. The van der Waals surface area contributed by atoms with Gasteiger partial charge in [-0.3, -0.25) is 4.79 Å². The summed E-state index contributed by atoms with van der Waals surface area (Å²) < 4.78 is 13.0. The van der Waals surface area contributed by atoms with Crippen LogP contribution >= 0.6 is 11.6 Å². The standard InChI is InChI=1S/C14H11ClFN3O2/c15-11-7-10(4-5-12(11)16)18-13(20)8-2-1-3-9(6-8)19-14(17)21/h1-7H,(H,18,20)(H3,17,19,21). The van der Waals surface area contributed by atoms with Crippen LogP contribution in [0.25, 0.3) is 0 Å². The highest BCUT2D eigenvalue weighted by Crippen LogP contribution is 2.20. The fraction of sp³-hybridized carbons (Fsp3) is 0. The SMILES string of the molecule is NC(=O)Nc1cccc(C(=O)Nc2ccc(F)c(Cl)c2)c1. The van der Waals surface area contributed by atoms with Crippen LogP contribution in [0.1, 0.15) is 10.4 Å². The first kappa shape index (κ1) is 14.8. The summed E-state index contributed by atoms with van der Waals surface area (Å²) >= 11 is 5.64. The first-order chi connectivity index (χ1) is 9.95. The van der Waals surface area contributed by atoms with Crippen LogP contribution in [0.3, 0.4) is 0 Å². The molecule has 0 saturated carbocycles. The van der Waals surface area contributed by atoms with Gasteiger partial charge in [0.25, 0.3) is 5.91 Å². The maximum Gasteiger partial charge on any atom is 0.316 e. The third-order valence-electron chi connectivity index (χ3n) is 2.57. The molecule has 7 heteroatoms. The van der Waals surface area contributed by atoms with Gasteiger partial charge in [-0.1, -0.05) is 17.7 Å². The highest BCUT2D eigenvalue weighted by Gasteiger charge is 2.09. The lowest BCUT2D eigenvalue weighted by Crippen LogP contribution is -2.19. The Morgan fingerprint density at radius 1 is 1.05 bits per heavy atom. The molecule has 2 rings (SSSR count). The normalized spacial score (nSPS) is 10.0. The number of primary amides is 1. The summed E-state index contributed by atoms with van der Waals surface area (Å²) in [6, 6.07) is 9.35. The molecule has 0 spiro atoms. The number of nitrogens with one attached hydrogen (secondary N) is 2. The van der Waals surface area contributed by atoms with E-state index >= 15 is 0 Å². The van der Waals surface area contributed by atoms with E-state index in [9.17, 15) is 14.0 Å². The molecule has 0 heterocycles. The van der Waals surface area contributed by atoms with Gasteiger partial charge in [-0.2, -0.15) is 0 Å². The van der Waals surface area contributed by atoms with E-state index in [4.69, 9.17) is 17.3 Å². The molecule has 0 radical (unpaired) electrons. The Morgan fingerprint density at radius 3 is 2.43 bits per heavy atom. The van der Waals surface area contributed by atoms with Gasteiger partial charge in [-0.15, -0.1) is 0 Å². The maximum atomic E-state index is 13.0. The minimum absolute atomic E-state index is 0.0862. The number of anilines is 2. The van der Waals surface area contributed by atoms with Gasteiger partial charge >= 0.3 is 6.03 Å². The minimum Gasteiger partial charge on any atom is -0.351 e. The van der Waals surface area contributed by atoms with Crippen molar-refractivity contribution >= 4 is 34.9 Å². The van der Waals surface area contributed by atoms with Crippen molar-refractivity contribution < 1.29 is 14.0 Å². The molecular formula is C14H11ClFN3O2. The molecule has 0 unspecified atom stereocenters. The summed E-state index contributed by atoms with van der Waals surface area (Å²) in [4.78, 5) is 22.8. The van der Waals surface area contributed by atoms with Gasteiger partial charge in [0.15, 0.2) is 0 Å². The van der Waals surface area contributed by atoms with Crippen molar-refractivity contribution in [2.75, 3.05) is 10.6 Å². The molecule has 0 fully saturated rings. The molecule has 4 N–H and O–H groups in total. The monoisotopic (exact) mass is 307 g/mol. The van der Waals surface area contributed by atoms with Gasteiger partial charge < -0.3 is 16.4 Å². The molecule has 0 aliphatic carbocycles. The van der Waals surface area contributed by atoms with Crippen LogP contribution in [0.2, 0.25) is 5.02 Å². The zero-order valence-corrected chi connectivity index (χ0v) is 11.4. The number of halogens is 2. The molecule has 0 aliphatic rings. The third kappa shape index (κ3) is 3.93. The van der Waals surface area contributed by atoms with E-state index in [-0.39, 0.29) is 5.02 Å². The Bertz CT molecular complexity index is 706. The van der Waals surface area contributed by atoms with E-state index in [1.165, 1.54) is 18.2 Å². The summed E-state index contributed by atoms with van der Waals surface area (Å²) in [5.74, 6) is -0.992. The van der Waals surface area contributed by atoms with E-state index in [1.54, 1.807) is 18.2 Å². The molecule has 2 aromatic carbocycles. The number of rotatable bonds is 3. The number of hydrogen-bond donors (Lipinski definition) is 3. The molecule has 0 atom stereocenters. The van der Waals surface area contributed by atoms with Crippen LogP contribution in [0, 0.1) is 5.82 Å². The summed E-state index contributed by atoms with van der Waals surface area (Å²) in [6.45, 7) is 0. The number of carbonyl (C=O) groups excluding carboxylic acids is 2. The van der Waals surface area contributed by atoms with Crippen molar-refractivity contribution in [3.05, 3.63) is 58.9 Å². The Balaban J connectivity index is 2.16. The second-order valence-electron chi connectivity index (χ2n) is 4.15. The average molecular weight is 308 g/mol. The second-order valence-corrected chi connectivity index (χ2v) is 4.56. The largest absolute Gasteiger partial charge is 0.351 e. The Labute approximate surface area is 124 Å². The fourth-order valence-corrected chi connectivity index (χ4v) is 1.84. The van der Waals surface area contributed by atoms with E-state index in [1.807, 2.05) is 0 Å². The zero-order chi connectivity index (χ0) is 15.4. The number of nitrogens with two attached hydrogens (primary N) is 1. The summed E-state index contributed by atoms with van der Waals surface area (Å²) in [6.07, 6.45) is 0. The van der Waals surface area contributed by atoms with Crippen LogP contribution in [0.4, 0.5) is 20.6 Å². The number of amides is 3. The third-order valence-corrected chi connectivity index (χ3v) is 2.86. The number of carbonyl (C=O) groups is 2. The molecule has 0 saturated heterocycles. The lowest BCUT2D eigenvalue weighted by molar-refractivity contribution is 0.102. The predicted molar refractivity (Wildman–Crippen MR) is 79.0 cm³/mol. The van der Waals surface area contributed by atoms with Gasteiger partial charge in [0.05, 0.1) is 5.02 Å². The van der Waals surface area contributed by atoms with Crippen molar-refractivity contribution in [1.29, 1.82) is 0 Å². The average Bonchev–Trinajstić information content (AvgIpc) is 2.42. The molecule has 0 aliphatic heterocycles. The van der Waals surface area contributed by atoms with Gasteiger partial charge in [-0.05, 0) is 36.4 Å². The minimum atomic E-state index is -0.724. The second kappa shape index (κ2) is 6.23. The molecule has 108 valence electrons. The Morgan fingerprint density at radius 2 is 1.76 bits per heavy atom. The molecule has 3 amide bonds. The molecule has 0 bridgehead atoms. The molecule has 0 aromatic heterocycles. The van der Waals surface area contributed by atoms with Crippen LogP contribution in [0.5, 0.6) is 0 Å². The lowest BCUT2D eigenvalue weighted by atomic mass is 10.2. The number of benzene rings is 2.